The number of aldehydes is 1. The number of hydrogen-bond acceptors (Lipinski definition) is 1. The van der Waals surface area contributed by atoms with Crippen LogP contribution in [-0.4, -0.2) is 6.29 Å². The van der Waals surface area contributed by atoms with Gasteiger partial charge in [-0.15, -0.1) is 0 Å². The quantitative estimate of drug-likeness (QED) is 0.482. The van der Waals surface area contributed by atoms with E-state index in [1.165, 1.54) is 18.4 Å². The molecule has 0 heterocycles. The number of rotatable bonds is 1. The summed E-state index contributed by atoms with van der Waals surface area (Å²) in [5.41, 5.74) is 2.92. The van der Waals surface area contributed by atoms with Crippen LogP contribution >= 0.6 is 0 Å². The summed E-state index contributed by atoms with van der Waals surface area (Å²) in [5.74, 6) is 1.42. The summed E-state index contributed by atoms with van der Waals surface area (Å²) < 4.78 is 0. The molecule has 0 aromatic heterocycles. The SMILES string of the molecule is C/C1=C\CC/C(C=O)=C/[C@@H]2[C@H](CC1)C2(C)C. The third-order valence-electron chi connectivity index (χ3n) is 4.46. The molecular formula is C15H22O. The summed E-state index contributed by atoms with van der Waals surface area (Å²) in [6.45, 7) is 6.88. The number of carbonyl (C=O) groups excluding carboxylic acids is 1. The van der Waals surface area contributed by atoms with Crippen LogP contribution < -0.4 is 0 Å². The molecule has 0 amide bonds. The van der Waals surface area contributed by atoms with E-state index in [-0.39, 0.29) is 0 Å². The molecule has 2 aliphatic rings. The highest BCUT2D eigenvalue weighted by Crippen LogP contribution is 2.61. The average molecular weight is 218 g/mol. The molecule has 0 aliphatic heterocycles. The first-order chi connectivity index (χ1) is 7.55. The van der Waals surface area contributed by atoms with Gasteiger partial charge in [-0.25, -0.2) is 0 Å². The van der Waals surface area contributed by atoms with Crippen LogP contribution in [0, 0.1) is 17.3 Å². The van der Waals surface area contributed by atoms with Crippen LogP contribution in [0.15, 0.2) is 23.3 Å². The van der Waals surface area contributed by atoms with Gasteiger partial charge in [-0.05, 0) is 55.4 Å². The van der Waals surface area contributed by atoms with Crippen molar-refractivity contribution in [1.82, 2.24) is 0 Å². The van der Waals surface area contributed by atoms with Gasteiger partial charge in [0.2, 0.25) is 0 Å². The van der Waals surface area contributed by atoms with Gasteiger partial charge >= 0.3 is 0 Å². The minimum Gasteiger partial charge on any atom is -0.298 e. The maximum absolute atomic E-state index is 11.0. The molecule has 2 atom stereocenters. The summed E-state index contributed by atoms with van der Waals surface area (Å²) in [5, 5.41) is 0. The van der Waals surface area contributed by atoms with Crippen molar-refractivity contribution in [2.24, 2.45) is 17.3 Å². The Morgan fingerprint density at radius 3 is 2.81 bits per heavy atom. The molecule has 1 heteroatoms. The van der Waals surface area contributed by atoms with Gasteiger partial charge < -0.3 is 0 Å². The molecule has 1 nitrogen and oxygen atoms in total. The highest BCUT2D eigenvalue weighted by atomic mass is 16.1. The Bertz CT molecular complexity index is 346. The van der Waals surface area contributed by atoms with Crippen LogP contribution in [-0.2, 0) is 4.79 Å². The molecule has 16 heavy (non-hydrogen) atoms. The lowest BCUT2D eigenvalue weighted by atomic mass is 10.0. The number of allylic oxidation sites excluding steroid dienone is 4. The van der Waals surface area contributed by atoms with Crippen molar-refractivity contribution in [3.8, 4) is 0 Å². The molecule has 0 saturated heterocycles. The molecule has 1 saturated carbocycles. The molecule has 2 aliphatic carbocycles. The minimum atomic E-state index is 0.416. The Morgan fingerprint density at radius 2 is 2.12 bits per heavy atom. The monoisotopic (exact) mass is 218 g/mol. The number of fused-ring (bicyclic) bond motifs is 1. The lowest BCUT2D eigenvalue weighted by molar-refractivity contribution is -0.105. The van der Waals surface area contributed by atoms with Crippen LogP contribution in [0.5, 0.6) is 0 Å². The second kappa shape index (κ2) is 4.20. The summed E-state index contributed by atoms with van der Waals surface area (Å²) in [6, 6.07) is 0. The molecule has 0 bridgehead atoms. The van der Waals surface area contributed by atoms with E-state index in [1.807, 2.05) is 0 Å². The predicted octanol–water partition coefficient (Wildman–Crippen LogP) is 3.90. The molecule has 1 fully saturated rings. The molecule has 0 unspecified atom stereocenters. The Kier molecular flexibility index (Phi) is 3.05. The standard InChI is InChI=1S/C15H22O/c1-11-5-4-6-12(10-16)9-14-13(8-7-11)15(14,2)3/h5,9-10,13-14H,4,6-8H2,1-3H3/b11-5+,12-9-/t13-,14+/m0/s1. The maximum atomic E-state index is 11.0. The Balaban J connectivity index is 2.18. The third kappa shape index (κ3) is 2.14. The molecule has 0 spiro atoms. The summed E-state index contributed by atoms with van der Waals surface area (Å²) >= 11 is 0. The fourth-order valence-corrected chi connectivity index (χ4v) is 3.05. The predicted molar refractivity (Wildman–Crippen MR) is 67.1 cm³/mol. The average Bonchev–Trinajstić information content (AvgIpc) is 2.76. The van der Waals surface area contributed by atoms with E-state index >= 15 is 0 Å². The molecule has 0 radical (unpaired) electrons. The van der Waals surface area contributed by atoms with Gasteiger partial charge in [-0.1, -0.05) is 31.6 Å². The normalized spacial score (nSPS) is 39.7. The number of carbonyl (C=O) groups is 1. The maximum Gasteiger partial charge on any atom is 0.145 e. The largest absolute Gasteiger partial charge is 0.298 e. The van der Waals surface area contributed by atoms with Crippen molar-refractivity contribution in [1.29, 1.82) is 0 Å². The van der Waals surface area contributed by atoms with Crippen molar-refractivity contribution in [3.63, 3.8) is 0 Å². The second-order valence-corrected chi connectivity index (χ2v) is 5.94. The van der Waals surface area contributed by atoms with E-state index in [1.54, 1.807) is 0 Å². The van der Waals surface area contributed by atoms with Crippen LogP contribution in [0.1, 0.15) is 46.5 Å². The molecule has 0 N–H and O–H groups in total. The molecule has 0 aromatic carbocycles. The lowest BCUT2D eigenvalue weighted by Gasteiger charge is -2.04. The smallest absolute Gasteiger partial charge is 0.145 e. The summed E-state index contributed by atoms with van der Waals surface area (Å²) in [4.78, 5) is 11.0. The topological polar surface area (TPSA) is 17.1 Å². The third-order valence-corrected chi connectivity index (χ3v) is 4.46. The van der Waals surface area contributed by atoms with Gasteiger partial charge in [-0.3, -0.25) is 4.79 Å². The summed E-state index contributed by atoms with van der Waals surface area (Å²) in [6.07, 6.45) is 10.0. The first-order valence-corrected chi connectivity index (χ1v) is 6.37. The molecule has 0 aromatic rings. The fourth-order valence-electron chi connectivity index (χ4n) is 3.05. The van der Waals surface area contributed by atoms with Crippen LogP contribution in [0.2, 0.25) is 0 Å². The molecular weight excluding hydrogens is 196 g/mol. The Labute approximate surface area is 98.6 Å². The van der Waals surface area contributed by atoms with Crippen molar-refractivity contribution in [2.45, 2.75) is 46.5 Å². The lowest BCUT2D eigenvalue weighted by Crippen LogP contribution is -1.91. The van der Waals surface area contributed by atoms with Crippen LogP contribution in [0.25, 0.3) is 0 Å². The van der Waals surface area contributed by atoms with E-state index in [4.69, 9.17) is 0 Å². The Morgan fingerprint density at radius 1 is 1.38 bits per heavy atom. The van der Waals surface area contributed by atoms with Crippen LogP contribution in [0.4, 0.5) is 0 Å². The second-order valence-electron chi connectivity index (χ2n) is 5.94. The minimum absolute atomic E-state index is 0.416. The van der Waals surface area contributed by atoms with Gasteiger partial charge in [0.25, 0.3) is 0 Å². The van der Waals surface area contributed by atoms with Crippen molar-refractivity contribution < 1.29 is 4.79 Å². The van der Waals surface area contributed by atoms with Gasteiger partial charge in [0.15, 0.2) is 0 Å². The zero-order valence-electron chi connectivity index (χ0n) is 10.6. The first-order valence-electron chi connectivity index (χ1n) is 6.37. The van der Waals surface area contributed by atoms with Crippen LogP contribution in [0.3, 0.4) is 0 Å². The van der Waals surface area contributed by atoms with Gasteiger partial charge in [0, 0.05) is 0 Å². The molecule has 2 rings (SSSR count). The first kappa shape index (κ1) is 11.6. The van der Waals surface area contributed by atoms with Gasteiger partial charge in [0.05, 0.1) is 0 Å². The highest BCUT2D eigenvalue weighted by Gasteiger charge is 2.55. The van der Waals surface area contributed by atoms with E-state index in [0.717, 1.165) is 30.6 Å². The zero-order chi connectivity index (χ0) is 11.8. The van der Waals surface area contributed by atoms with Gasteiger partial charge in [-0.2, -0.15) is 0 Å². The van der Waals surface area contributed by atoms with Gasteiger partial charge in [0.1, 0.15) is 6.29 Å². The Hall–Kier alpha value is -0.850. The van der Waals surface area contributed by atoms with E-state index in [2.05, 4.69) is 32.9 Å². The highest BCUT2D eigenvalue weighted by molar-refractivity contribution is 5.73. The number of hydrogen-bond donors (Lipinski definition) is 0. The van der Waals surface area contributed by atoms with E-state index in [9.17, 15) is 4.79 Å². The zero-order valence-corrected chi connectivity index (χ0v) is 10.6. The van der Waals surface area contributed by atoms with E-state index < -0.39 is 0 Å². The van der Waals surface area contributed by atoms with E-state index in [0.29, 0.717) is 11.3 Å². The van der Waals surface area contributed by atoms with Crippen molar-refractivity contribution >= 4 is 6.29 Å². The van der Waals surface area contributed by atoms with Crippen molar-refractivity contribution in [3.05, 3.63) is 23.3 Å². The molecule has 88 valence electrons. The summed E-state index contributed by atoms with van der Waals surface area (Å²) in [7, 11) is 0. The van der Waals surface area contributed by atoms with Crippen molar-refractivity contribution in [2.75, 3.05) is 0 Å². The fraction of sp³-hybridized carbons (Fsp3) is 0.667.